The zero-order chi connectivity index (χ0) is 17.1. The van der Waals surface area contributed by atoms with Gasteiger partial charge in [0.15, 0.2) is 5.13 Å². The molecule has 1 N–H and O–H groups in total. The van der Waals surface area contributed by atoms with Crippen LogP contribution >= 0.6 is 11.3 Å². The van der Waals surface area contributed by atoms with E-state index < -0.39 is 0 Å². The van der Waals surface area contributed by atoms with Gasteiger partial charge in [0.1, 0.15) is 0 Å². The number of nitrogens with zero attached hydrogens (tertiary/aromatic N) is 3. The minimum absolute atomic E-state index is 0.0437. The number of carbonyl (C=O) groups is 1. The molecule has 1 aromatic rings. The van der Waals surface area contributed by atoms with E-state index in [0.717, 1.165) is 26.1 Å². The maximum absolute atomic E-state index is 12.6. The van der Waals surface area contributed by atoms with Crippen LogP contribution in [0.5, 0.6) is 0 Å². The third-order valence-electron chi connectivity index (χ3n) is 5.76. The van der Waals surface area contributed by atoms with Crippen LogP contribution in [0.1, 0.15) is 51.1 Å². The van der Waals surface area contributed by atoms with E-state index in [-0.39, 0.29) is 17.4 Å². The van der Waals surface area contributed by atoms with Crippen LogP contribution in [0.2, 0.25) is 0 Å². The van der Waals surface area contributed by atoms with Crippen molar-refractivity contribution < 1.29 is 4.79 Å². The molecule has 1 amide bonds. The summed E-state index contributed by atoms with van der Waals surface area (Å²) in [5.74, 6) is 0.296. The molecule has 2 unspecified atom stereocenters. The van der Waals surface area contributed by atoms with Crippen LogP contribution in [0, 0.1) is 5.92 Å². The van der Waals surface area contributed by atoms with Crippen LogP contribution in [0.15, 0.2) is 0 Å². The summed E-state index contributed by atoms with van der Waals surface area (Å²) in [6.45, 7) is 11.2. The smallest absolute Gasteiger partial charge is 0.225 e. The molecule has 6 heteroatoms. The highest BCUT2D eigenvalue weighted by molar-refractivity contribution is 7.15. The molecular formula is C18H28N4OS. The molecule has 2 saturated heterocycles. The maximum atomic E-state index is 12.6. The van der Waals surface area contributed by atoms with Gasteiger partial charge in [0.05, 0.1) is 12.2 Å². The van der Waals surface area contributed by atoms with Crippen molar-refractivity contribution in [3.8, 4) is 0 Å². The van der Waals surface area contributed by atoms with Gasteiger partial charge in [-0.25, -0.2) is 4.98 Å². The van der Waals surface area contributed by atoms with Crippen molar-refractivity contribution in [2.24, 2.45) is 5.92 Å². The second-order valence-corrected chi connectivity index (χ2v) is 9.45. The number of amides is 1. The quantitative estimate of drug-likeness (QED) is 0.892. The van der Waals surface area contributed by atoms with Gasteiger partial charge in [0, 0.05) is 47.9 Å². The fraction of sp³-hybridized carbons (Fsp3) is 0.778. The van der Waals surface area contributed by atoms with Crippen molar-refractivity contribution in [1.82, 2.24) is 15.2 Å². The number of aromatic nitrogens is 1. The Hall–Kier alpha value is -1.14. The molecule has 0 saturated carbocycles. The first-order chi connectivity index (χ1) is 11.4. The molecule has 0 aliphatic carbocycles. The van der Waals surface area contributed by atoms with Crippen LogP contribution in [0.3, 0.4) is 0 Å². The summed E-state index contributed by atoms with van der Waals surface area (Å²) >= 11 is 1.82. The molecule has 2 bridgehead atoms. The first-order valence-corrected chi connectivity index (χ1v) is 9.97. The van der Waals surface area contributed by atoms with Gasteiger partial charge in [-0.2, -0.15) is 0 Å². The second-order valence-electron chi connectivity index (χ2n) is 8.39. The van der Waals surface area contributed by atoms with Crippen LogP contribution < -0.4 is 10.2 Å². The summed E-state index contributed by atoms with van der Waals surface area (Å²) in [5.41, 5.74) is 1.06. The molecule has 132 valence electrons. The molecule has 1 aromatic heterocycles. The molecule has 24 heavy (non-hydrogen) atoms. The van der Waals surface area contributed by atoms with Crippen molar-refractivity contribution in [3.05, 3.63) is 10.6 Å². The van der Waals surface area contributed by atoms with Gasteiger partial charge in [-0.05, 0) is 26.7 Å². The van der Waals surface area contributed by atoms with Crippen LogP contribution in [-0.4, -0.2) is 46.5 Å². The average Bonchev–Trinajstić information content (AvgIpc) is 3.01. The number of nitrogens with one attached hydrogen (secondary N) is 1. The molecule has 3 aliphatic rings. The lowest BCUT2D eigenvalue weighted by atomic mass is 9.90. The van der Waals surface area contributed by atoms with E-state index >= 15 is 0 Å². The fourth-order valence-electron chi connectivity index (χ4n) is 4.38. The largest absolute Gasteiger partial charge is 0.340 e. The Morgan fingerprint density at radius 3 is 2.58 bits per heavy atom. The second kappa shape index (κ2) is 5.70. The van der Waals surface area contributed by atoms with Crippen molar-refractivity contribution >= 4 is 22.4 Å². The summed E-state index contributed by atoms with van der Waals surface area (Å²) in [5, 5.41) is 4.72. The molecule has 0 radical (unpaired) electrons. The molecule has 0 aromatic carbocycles. The highest BCUT2D eigenvalue weighted by atomic mass is 32.1. The summed E-state index contributed by atoms with van der Waals surface area (Å²) in [4.78, 5) is 23.6. The lowest BCUT2D eigenvalue weighted by molar-refractivity contribution is -0.141. The van der Waals surface area contributed by atoms with Crippen molar-refractivity contribution in [3.63, 3.8) is 0 Å². The van der Waals surface area contributed by atoms with E-state index in [1.807, 2.05) is 25.2 Å². The molecule has 4 heterocycles. The third-order valence-corrected chi connectivity index (χ3v) is 6.86. The monoisotopic (exact) mass is 348 g/mol. The van der Waals surface area contributed by atoms with Gasteiger partial charge in [-0.3, -0.25) is 4.79 Å². The number of piperazine rings is 1. The summed E-state index contributed by atoms with van der Waals surface area (Å²) in [7, 11) is 0. The predicted molar refractivity (Wildman–Crippen MR) is 97.4 cm³/mol. The Kier molecular flexibility index (Phi) is 3.88. The Balaban J connectivity index is 1.63. The van der Waals surface area contributed by atoms with Gasteiger partial charge < -0.3 is 15.1 Å². The topological polar surface area (TPSA) is 48.5 Å². The minimum atomic E-state index is -0.151. The fourth-order valence-corrected chi connectivity index (χ4v) is 5.59. The highest BCUT2D eigenvalue weighted by Crippen LogP contribution is 2.41. The number of fused-ring (bicyclic) bond motifs is 3. The summed E-state index contributed by atoms with van der Waals surface area (Å²) in [6, 6.07) is 1.19. The zero-order valence-corrected chi connectivity index (χ0v) is 15.9. The van der Waals surface area contributed by atoms with Gasteiger partial charge in [0.25, 0.3) is 0 Å². The Morgan fingerprint density at radius 2 is 1.96 bits per heavy atom. The number of rotatable bonds is 2. The van der Waals surface area contributed by atoms with Gasteiger partial charge in [-0.15, -0.1) is 0 Å². The van der Waals surface area contributed by atoms with E-state index in [4.69, 9.17) is 4.98 Å². The zero-order valence-electron chi connectivity index (χ0n) is 15.1. The van der Waals surface area contributed by atoms with E-state index in [1.165, 1.54) is 28.5 Å². The standard InChI is InChI=1S/C18H28N4OS/c1-11(2)16(23)21-10-15-14(7-18(21,3)4)20-17(24-15)22-12-5-6-13(22)9-19-8-12/h11-13,19H,5-10H2,1-4H3. The number of hydrogen-bond donors (Lipinski definition) is 1. The summed E-state index contributed by atoms with van der Waals surface area (Å²) in [6.07, 6.45) is 3.40. The average molecular weight is 349 g/mol. The van der Waals surface area contributed by atoms with Crippen molar-refractivity contribution in [2.45, 2.75) is 71.1 Å². The maximum Gasteiger partial charge on any atom is 0.225 e. The third kappa shape index (κ3) is 2.54. The molecule has 4 rings (SSSR count). The molecule has 2 atom stereocenters. The molecule has 0 spiro atoms. The van der Waals surface area contributed by atoms with E-state index in [2.05, 4.69) is 29.0 Å². The first-order valence-electron chi connectivity index (χ1n) is 9.16. The Bertz CT molecular complexity index is 637. The van der Waals surface area contributed by atoms with Crippen LogP contribution in [0.4, 0.5) is 5.13 Å². The SMILES string of the molecule is CC(C)C(=O)N1Cc2sc(N3C4CCC3CNC4)nc2CC1(C)C. The van der Waals surface area contributed by atoms with Gasteiger partial charge in [-0.1, -0.05) is 25.2 Å². The van der Waals surface area contributed by atoms with Crippen LogP contribution in [0.25, 0.3) is 0 Å². The number of thiazole rings is 1. The minimum Gasteiger partial charge on any atom is -0.340 e. The summed E-state index contributed by atoms with van der Waals surface area (Å²) < 4.78 is 0. The van der Waals surface area contributed by atoms with Crippen molar-refractivity contribution in [1.29, 1.82) is 0 Å². The number of carbonyl (C=O) groups excluding carboxylic acids is 1. The van der Waals surface area contributed by atoms with Crippen LogP contribution in [-0.2, 0) is 17.8 Å². The Labute approximate surface area is 148 Å². The molecule has 2 fully saturated rings. The van der Waals surface area contributed by atoms with Gasteiger partial charge >= 0.3 is 0 Å². The molecule has 5 nitrogen and oxygen atoms in total. The first kappa shape index (κ1) is 16.3. The number of hydrogen-bond acceptors (Lipinski definition) is 5. The van der Waals surface area contributed by atoms with E-state index in [1.54, 1.807) is 0 Å². The molecule has 3 aliphatic heterocycles. The number of anilines is 1. The lowest BCUT2D eigenvalue weighted by Gasteiger charge is -2.42. The molecular weight excluding hydrogens is 320 g/mol. The van der Waals surface area contributed by atoms with Gasteiger partial charge in [0.2, 0.25) is 5.91 Å². The van der Waals surface area contributed by atoms with E-state index in [9.17, 15) is 4.79 Å². The highest BCUT2D eigenvalue weighted by Gasteiger charge is 2.42. The lowest BCUT2D eigenvalue weighted by Crippen LogP contribution is -2.52. The Morgan fingerprint density at radius 1 is 1.29 bits per heavy atom. The van der Waals surface area contributed by atoms with Crippen molar-refractivity contribution in [2.75, 3.05) is 18.0 Å². The van der Waals surface area contributed by atoms with E-state index in [0.29, 0.717) is 12.1 Å². The predicted octanol–water partition coefficient (Wildman–Crippen LogP) is 2.40. The normalized spacial score (nSPS) is 28.4.